The molecule has 0 bridgehead atoms. The second-order valence-electron chi connectivity index (χ2n) is 2.50. The van der Waals surface area contributed by atoms with Crippen molar-refractivity contribution in [2.75, 3.05) is 6.54 Å². The highest BCUT2D eigenvalue weighted by molar-refractivity contribution is 6.13. The Bertz CT molecular complexity index is 270. The minimum Gasteiger partial charge on any atom is -0.504 e. The van der Waals surface area contributed by atoms with Crippen LogP contribution < -0.4 is 5.73 Å². The fourth-order valence-electron chi connectivity index (χ4n) is 0.891. The van der Waals surface area contributed by atoms with Crippen LogP contribution in [0.15, 0.2) is 18.2 Å². The first-order valence-corrected chi connectivity index (χ1v) is 4.08. The van der Waals surface area contributed by atoms with Crippen LogP contribution in [0.25, 0.3) is 0 Å². The summed E-state index contributed by atoms with van der Waals surface area (Å²) in [5, 5.41) is 32.2. The lowest BCUT2D eigenvalue weighted by atomic mass is 10.1. The molecule has 0 amide bonds. The Morgan fingerprint density at radius 1 is 1.14 bits per heavy atom. The third-order valence-corrected chi connectivity index (χ3v) is 1.47. The van der Waals surface area contributed by atoms with Gasteiger partial charge in [0.1, 0.15) is 0 Å². The number of hydrogen-bond acceptors (Lipinski definition) is 5. The molecule has 6 heteroatoms. The number of aromatic hydroxyl groups is 2. The third kappa shape index (κ3) is 4.71. The topological polar surface area (TPSA) is 107 Å². The molecule has 0 aliphatic heterocycles. The number of hydrogen-bond donors (Lipinski definition) is 5. The predicted octanol–water partition coefficient (Wildman–Crippen LogP) is -1.16. The van der Waals surface area contributed by atoms with Crippen LogP contribution >= 0.6 is 0 Å². The summed E-state index contributed by atoms with van der Waals surface area (Å²) in [6.45, 7) is 0.546. The molecule has 0 unspecified atom stereocenters. The largest absolute Gasteiger partial charge is 0.504 e. The van der Waals surface area contributed by atoms with Crippen LogP contribution in [0.5, 0.6) is 11.5 Å². The maximum atomic E-state index is 9.04. The predicted molar refractivity (Wildman–Crippen MR) is 54.1 cm³/mol. The first kappa shape index (κ1) is 12.8. The summed E-state index contributed by atoms with van der Waals surface area (Å²) < 4.78 is 0. The molecule has 5 nitrogen and oxygen atoms in total. The molecular formula is C8H14BNO4. The Morgan fingerprint density at radius 3 is 2.14 bits per heavy atom. The quantitative estimate of drug-likeness (QED) is 0.305. The number of rotatable bonds is 2. The Balaban J connectivity index is 0.000000500. The first-order valence-electron chi connectivity index (χ1n) is 4.08. The minimum absolute atomic E-state index is 0.0871. The van der Waals surface area contributed by atoms with Gasteiger partial charge in [0.2, 0.25) is 0 Å². The van der Waals surface area contributed by atoms with Crippen molar-refractivity contribution in [3.05, 3.63) is 23.8 Å². The van der Waals surface area contributed by atoms with Gasteiger partial charge in [-0.1, -0.05) is 6.07 Å². The van der Waals surface area contributed by atoms with Crippen LogP contribution in [0.4, 0.5) is 0 Å². The Morgan fingerprint density at radius 2 is 1.71 bits per heavy atom. The summed E-state index contributed by atoms with van der Waals surface area (Å²) in [6.07, 6.45) is 0.716. The van der Waals surface area contributed by atoms with Crippen molar-refractivity contribution in [1.82, 2.24) is 0 Å². The van der Waals surface area contributed by atoms with Gasteiger partial charge >= 0.3 is 7.69 Å². The molecule has 14 heavy (non-hydrogen) atoms. The van der Waals surface area contributed by atoms with E-state index in [0.717, 1.165) is 5.56 Å². The maximum Gasteiger partial charge on any atom is 0.432 e. The summed E-state index contributed by atoms with van der Waals surface area (Å²) in [5.41, 5.74) is 6.24. The fraction of sp³-hybridized carbons (Fsp3) is 0.250. The van der Waals surface area contributed by atoms with Gasteiger partial charge in [-0.3, -0.25) is 0 Å². The van der Waals surface area contributed by atoms with Crippen molar-refractivity contribution >= 4 is 7.69 Å². The highest BCUT2D eigenvalue weighted by Crippen LogP contribution is 2.24. The Labute approximate surface area is 82.7 Å². The van der Waals surface area contributed by atoms with Gasteiger partial charge in [-0.15, -0.1) is 0 Å². The standard InChI is InChI=1S/C8H11NO2.BH3O2/c9-4-3-6-1-2-7(10)8(11)5-6;2-1-3/h1-2,5,10-11H,3-4,9H2;1-3H. The van der Waals surface area contributed by atoms with E-state index in [0.29, 0.717) is 13.0 Å². The van der Waals surface area contributed by atoms with Crippen LogP contribution in [0, 0.1) is 0 Å². The van der Waals surface area contributed by atoms with Gasteiger partial charge in [0.05, 0.1) is 0 Å². The van der Waals surface area contributed by atoms with Crippen molar-refractivity contribution < 1.29 is 20.3 Å². The highest BCUT2D eigenvalue weighted by Gasteiger charge is 1.98. The summed E-state index contributed by atoms with van der Waals surface area (Å²) in [5.74, 6) is -0.179. The van der Waals surface area contributed by atoms with Crippen molar-refractivity contribution in [2.45, 2.75) is 6.42 Å². The molecule has 0 aromatic heterocycles. The zero-order valence-corrected chi connectivity index (χ0v) is 7.72. The van der Waals surface area contributed by atoms with E-state index in [2.05, 4.69) is 0 Å². The van der Waals surface area contributed by atoms with E-state index in [1.165, 1.54) is 12.1 Å². The summed E-state index contributed by atoms with van der Waals surface area (Å²) in [6, 6.07) is 4.71. The molecule has 1 aromatic rings. The van der Waals surface area contributed by atoms with Crippen LogP contribution in [0.2, 0.25) is 0 Å². The molecular weight excluding hydrogens is 185 g/mol. The summed E-state index contributed by atoms with van der Waals surface area (Å²) in [4.78, 5) is 0. The van der Waals surface area contributed by atoms with Crippen LogP contribution in [-0.4, -0.2) is 34.5 Å². The van der Waals surface area contributed by atoms with Crippen molar-refractivity contribution in [3.63, 3.8) is 0 Å². The normalized spacial score (nSPS) is 8.79. The van der Waals surface area contributed by atoms with Crippen LogP contribution in [0.1, 0.15) is 5.56 Å². The zero-order valence-electron chi connectivity index (χ0n) is 7.72. The number of phenolic OH excluding ortho intramolecular Hbond substituents is 2. The lowest BCUT2D eigenvalue weighted by molar-refractivity contribution is 0.403. The Kier molecular flexibility index (Phi) is 6.56. The van der Waals surface area contributed by atoms with Crippen molar-refractivity contribution in [2.24, 2.45) is 5.73 Å². The molecule has 0 aliphatic carbocycles. The van der Waals surface area contributed by atoms with Crippen molar-refractivity contribution in [3.8, 4) is 11.5 Å². The molecule has 0 heterocycles. The average Bonchev–Trinajstić information content (AvgIpc) is 2.13. The molecule has 0 spiro atoms. The molecule has 78 valence electrons. The smallest absolute Gasteiger partial charge is 0.432 e. The number of phenols is 2. The molecule has 0 saturated heterocycles. The molecule has 0 fully saturated rings. The summed E-state index contributed by atoms with van der Waals surface area (Å²) in [7, 11) is -0.750. The van der Waals surface area contributed by atoms with Gasteiger partial charge in [0.25, 0.3) is 0 Å². The van der Waals surface area contributed by atoms with Gasteiger partial charge < -0.3 is 26.0 Å². The van der Waals surface area contributed by atoms with Crippen LogP contribution in [0.3, 0.4) is 0 Å². The van der Waals surface area contributed by atoms with Gasteiger partial charge in [-0.2, -0.15) is 0 Å². The molecule has 0 aliphatic rings. The highest BCUT2D eigenvalue weighted by atomic mass is 16.4. The van der Waals surface area contributed by atoms with Crippen molar-refractivity contribution in [1.29, 1.82) is 0 Å². The van der Waals surface area contributed by atoms with Gasteiger partial charge in [-0.05, 0) is 30.7 Å². The van der Waals surface area contributed by atoms with E-state index in [4.69, 9.17) is 26.0 Å². The molecule has 0 radical (unpaired) electrons. The van der Waals surface area contributed by atoms with E-state index in [1.54, 1.807) is 6.07 Å². The first-order chi connectivity index (χ1) is 6.65. The van der Waals surface area contributed by atoms with E-state index >= 15 is 0 Å². The van der Waals surface area contributed by atoms with Gasteiger partial charge in [0, 0.05) is 0 Å². The van der Waals surface area contributed by atoms with Gasteiger partial charge in [-0.25, -0.2) is 0 Å². The molecule has 1 aromatic carbocycles. The zero-order chi connectivity index (χ0) is 11.0. The van der Waals surface area contributed by atoms with E-state index in [-0.39, 0.29) is 11.5 Å². The molecule has 6 N–H and O–H groups in total. The number of benzene rings is 1. The second-order valence-corrected chi connectivity index (χ2v) is 2.50. The minimum atomic E-state index is -0.750. The van der Waals surface area contributed by atoms with E-state index in [9.17, 15) is 0 Å². The third-order valence-electron chi connectivity index (χ3n) is 1.47. The fourth-order valence-corrected chi connectivity index (χ4v) is 0.891. The average molecular weight is 199 g/mol. The SMILES string of the molecule is NCCc1ccc(O)c(O)c1.OBO. The van der Waals surface area contributed by atoms with Crippen LogP contribution in [-0.2, 0) is 6.42 Å². The Hall–Kier alpha value is -1.24. The van der Waals surface area contributed by atoms with E-state index < -0.39 is 7.69 Å². The molecule has 0 atom stereocenters. The maximum absolute atomic E-state index is 9.04. The molecule has 1 rings (SSSR count). The number of nitrogens with two attached hydrogens (primary N) is 1. The lowest BCUT2D eigenvalue weighted by Gasteiger charge is -2.00. The monoisotopic (exact) mass is 199 g/mol. The summed E-state index contributed by atoms with van der Waals surface area (Å²) >= 11 is 0. The lowest BCUT2D eigenvalue weighted by Crippen LogP contribution is -2.02. The van der Waals surface area contributed by atoms with E-state index in [1.807, 2.05) is 0 Å². The second kappa shape index (κ2) is 7.20. The molecule has 0 saturated carbocycles. The van der Waals surface area contributed by atoms with Gasteiger partial charge in [0.15, 0.2) is 11.5 Å².